The number of rotatable bonds is 0. The maximum atomic E-state index is 10.2. The summed E-state index contributed by atoms with van der Waals surface area (Å²) in [6, 6.07) is 7.80. The van der Waals surface area contributed by atoms with E-state index in [1.165, 1.54) is 0 Å². The Morgan fingerprint density at radius 2 is 1.94 bits per heavy atom. The van der Waals surface area contributed by atoms with Gasteiger partial charge < -0.3 is 20.1 Å². The fourth-order valence-corrected chi connectivity index (χ4v) is 2.97. The first-order chi connectivity index (χ1) is 8.15. The number of hydrogen-bond acceptors (Lipinski definition) is 4. The summed E-state index contributed by atoms with van der Waals surface area (Å²) in [5.74, 6) is 0. The van der Waals surface area contributed by atoms with E-state index in [2.05, 4.69) is 0 Å². The van der Waals surface area contributed by atoms with Gasteiger partial charge in [0.1, 0.15) is 23.9 Å². The number of aliphatic hydroxyl groups excluding tert-OH is 3. The molecule has 3 N–H and O–H groups in total. The Morgan fingerprint density at radius 3 is 2.76 bits per heavy atom. The highest BCUT2D eigenvalue weighted by molar-refractivity contribution is 5.39. The van der Waals surface area contributed by atoms with Crippen LogP contribution < -0.4 is 0 Å². The molecule has 4 unspecified atom stereocenters. The van der Waals surface area contributed by atoms with Gasteiger partial charge in [0.15, 0.2) is 0 Å². The highest BCUT2D eigenvalue weighted by Gasteiger charge is 2.53. The zero-order chi connectivity index (χ0) is 12.0. The second kappa shape index (κ2) is 3.78. The van der Waals surface area contributed by atoms with Gasteiger partial charge in [-0.1, -0.05) is 24.3 Å². The molecule has 1 spiro atoms. The molecule has 1 fully saturated rings. The second-order valence-electron chi connectivity index (χ2n) is 4.86. The van der Waals surface area contributed by atoms with Crippen LogP contribution in [0, 0.1) is 0 Å². The van der Waals surface area contributed by atoms with Crippen molar-refractivity contribution in [3.05, 3.63) is 35.4 Å². The van der Waals surface area contributed by atoms with Crippen molar-refractivity contribution < 1.29 is 20.1 Å². The number of ether oxygens (including phenoxy) is 1. The summed E-state index contributed by atoms with van der Waals surface area (Å²) in [6.07, 6.45) is -1.75. The molecule has 1 aromatic carbocycles. The molecule has 0 amide bonds. The van der Waals surface area contributed by atoms with E-state index in [0.29, 0.717) is 6.42 Å². The molecule has 0 bridgehead atoms. The standard InChI is InChI=1S/C13H16O4/c14-10-7-17-13(12(16)11(10)15)6-5-8-3-1-2-4-9(8)13/h1-4,10-12,14-16H,5-7H2. The third-order valence-corrected chi connectivity index (χ3v) is 3.95. The molecule has 1 saturated heterocycles. The fourth-order valence-electron chi connectivity index (χ4n) is 2.97. The summed E-state index contributed by atoms with van der Waals surface area (Å²) >= 11 is 0. The number of benzene rings is 1. The average Bonchev–Trinajstić information content (AvgIpc) is 2.73. The van der Waals surface area contributed by atoms with Crippen LogP contribution in [0.2, 0.25) is 0 Å². The second-order valence-corrected chi connectivity index (χ2v) is 4.86. The Morgan fingerprint density at radius 1 is 1.18 bits per heavy atom. The molecular weight excluding hydrogens is 220 g/mol. The van der Waals surface area contributed by atoms with Crippen molar-refractivity contribution in [3.8, 4) is 0 Å². The van der Waals surface area contributed by atoms with E-state index in [1.54, 1.807) is 0 Å². The van der Waals surface area contributed by atoms with Gasteiger partial charge in [0, 0.05) is 0 Å². The predicted octanol–water partition coefficient (Wildman–Crippen LogP) is -0.0590. The smallest absolute Gasteiger partial charge is 0.122 e. The maximum Gasteiger partial charge on any atom is 0.122 e. The minimum atomic E-state index is -1.14. The minimum absolute atomic E-state index is 0.0621. The first kappa shape index (κ1) is 11.2. The van der Waals surface area contributed by atoms with E-state index in [4.69, 9.17) is 4.74 Å². The molecule has 4 nitrogen and oxygen atoms in total. The number of hydrogen-bond donors (Lipinski definition) is 3. The van der Waals surface area contributed by atoms with E-state index in [-0.39, 0.29) is 6.61 Å². The largest absolute Gasteiger partial charge is 0.388 e. The summed E-state index contributed by atoms with van der Waals surface area (Å²) in [7, 11) is 0. The third-order valence-electron chi connectivity index (χ3n) is 3.95. The van der Waals surface area contributed by atoms with Crippen LogP contribution in [0.5, 0.6) is 0 Å². The molecule has 17 heavy (non-hydrogen) atoms. The van der Waals surface area contributed by atoms with Crippen LogP contribution in [-0.4, -0.2) is 40.2 Å². The Balaban J connectivity index is 2.03. The van der Waals surface area contributed by atoms with Crippen molar-refractivity contribution in [2.75, 3.05) is 6.61 Å². The van der Waals surface area contributed by atoms with Crippen LogP contribution in [0.4, 0.5) is 0 Å². The topological polar surface area (TPSA) is 69.9 Å². The first-order valence-electron chi connectivity index (χ1n) is 5.92. The molecule has 1 aliphatic heterocycles. The molecule has 0 radical (unpaired) electrons. The van der Waals surface area contributed by atoms with E-state index in [1.807, 2.05) is 24.3 Å². The Hall–Kier alpha value is -0.940. The lowest BCUT2D eigenvalue weighted by molar-refractivity contribution is -0.240. The summed E-state index contributed by atoms with van der Waals surface area (Å²) < 4.78 is 5.69. The van der Waals surface area contributed by atoms with Crippen LogP contribution in [0.3, 0.4) is 0 Å². The third kappa shape index (κ3) is 1.45. The minimum Gasteiger partial charge on any atom is -0.388 e. The molecule has 1 heterocycles. The van der Waals surface area contributed by atoms with Crippen LogP contribution in [-0.2, 0) is 16.8 Å². The Bertz CT molecular complexity index is 433. The number of aliphatic hydroxyl groups is 3. The Kier molecular flexibility index (Phi) is 2.48. The fraction of sp³-hybridized carbons (Fsp3) is 0.538. The van der Waals surface area contributed by atoms with Crippen molar-refractivity contribution in [2.24, 2.45) is 0 Å². The molecule has 1 aliphatic carbocycles. The van der Waals surface area contributed by atoms with E-state index < -0.39 is 23.9 Å². The zero-order valence-electron chi connectivity index (χ0n) is 9.41. The van der Waals surface area contributed by atoms with E-state index in [9.17, 15) is 15.3 Å². The van der Waals surface area contributed by atoms with Crippen molar-refractivity contribution in [1.29, 1.82) is 0 Å². The summed E-state index contributed by atoms with van der Waals surface area (Å²) in [5.41, 5.74) is 1.25. The lowest BCUT2D eigenvalue weighted by Gasteiger charge is -2.43. The van der Waals surface area contributed by atoms with Gasteiger partial charge in [-0.15, -0.1) is 0 Å². The Labute approximate surface area is 99.5 Å². The van der Waals surface area contributed by atoms with Gasteiger partial charge in [0.25, 0.3) is 0 Å². The van der Waals surface area contributed by atoms with Gasteiger partial charge >= 0.3 is 0 Å². The number of aryl methyl sites for hydroxylation is 1. The van der Waals surface area contributed by atoms with Crippen molar-refractivity contribution in [1.82, 2.24) is 0 Å². The van der Waals surface area contributed by atoms with E-state index >= 15 is 0 Å². The molecule has 1 aromatic rings. The molecular formula is C13H16O4. The van der Waals surface area contributed by atoms with Gasteiger partial charge in [-0.2, -0.15) is 0 Å². The highest BCUT2D eigenvalue weighted by atomic mass is 16.5. The molecule has 3 rings (SSSR count). The summed E-state index contributed by atoms with van der Waals surface area (Å²) in [6.45, 7) is 0.0621. The van der Waals surface area contributed by atoms with Crippen LogP contribution in [0.1, 0.15) is 17.5 Å². The lowest BCUT2D eigenvalue weighted by atomic mass is 9.83. The monoisotopic (exact) mass is 236 g/mol. The van der Waals surface area contributed by atoms with Crippen molar-refractivity contribution in [2.45, 2.75) is 36.8 Å². The van der Waals surface area contributed by atoms with Gasteiger partial charge in [-0.05, 0) is 24.0 Å². The lowest BCUT2D eigenvalue weighted by Crippen LogP contribution is -2.58. The summed E-state index contributed by atoms with van der Waals surface area (Å²) in [5, 5.41) is 29.5. The maximum absolute atomic E-state index is 10.2. The first-order valence-corrected chi connectivity index (χ1v) is 5.92. The molecule has 0 aromatic heterocycles. The highest BCUT2D eigenvalue weighted by Crippen LogP contribution is 2.45. The normalized spacial score (nSPS) is 40.5. The quantitative estimate of drug-likeness (QED) is 0.590. The van der Waals surface area contributed by atoms with Crippen LogP contribution in [0.15, 0.2) is 24.3 Å². The van der Waals surface area contributed by atoms with Gasteiger partial charge in [-0.25, -0.2) is 0 Å². The van der Waals surface area contributed by atoms with Crippen LogP contribution >= 0.6 is 0 Å². The van der Waals surface area contributed by atoms with Crippen molar-refractivity contribution >= 4 is 0 Å². The van der Waals surface area contributed by atoms with Gasteiger partial charge in [-0.3, -0.25) is 0 Å². The van der Waals surface area contributed by atoms with E-state index in [0.717, 1.165) is 17.5 Å². The molecule has 92 valence electrons. The van der Waals surface area contributed by atoms with Crippen molar-refractivity contribution in [3.63, 3.8) is 0 Å². The van der Waals surface area contributed by atoms with Crippen LogP contribution in [0.25, 0.3) is 0 Å². The number of fused-ring (bicyclic) bond motifs is 2. The SMILES string of the molecule is OC1COC2(CCc3ccccc32)C(O)C1O. The molecule has 4 heteroatoms. The molecule has 4 atom stereocenters. The van der Waals surface area contributed by atoms with Gasteiger partial charge in [0.05, 0.1) is 6.61 Å². The van der Waals surface area contributed by atoms with Gasteiger partial charge in [0.2, 0.25) is 0 Å². The zero-order valence-corrected chi connectivity index (χ0v) is 9.41. The predicted molar refractivity (Wildman–Crippen MR) is 60.4 cm³/mol. The molecule has 2 aliphatic rings. The summed E-state index contributed by atoms with van der Waals surface area (Å²) in [4.78, 5) is 0. The molecule has 0 saturated carbocycles. The average molecular weight is 236 g/mol.